The van der Waals surface area contributed by atoms with Crippen LogP contribution < -0.4 is 16.1 Å². The van der Waals surface area contributed by atoms with E-state index in [2.05, 4.69) is 34.3 Å². The maximum Gasteiger partial charge on any atom is 0.267 e. The van der Waals surface area contributed by atoms with Crippen LogP contribution >= 0.6 is 0 Å². The largest absolute Gasteiger partial charge is 0.394 e. The summed E-state index contributed by atoms with van der Waals surface area (Å²) in [7, 11) is 1.64. The van der Waals surface area contributed by atoms with Gasteiger partial charge in [-0.25, -0.2) is 5.48 Å². The number of likely N-dealkylation sites (N-methyl/N-ethyl adjacent to an activating group) is 1. The van der Waals surface area contributed by atoms with Crippen molar-refractivity contribution in [2.24, 2.45) is 0 Å². The SMILES string of the molecule is CNC(C)(C)[C@H](NC(=O)c1ccc(C#CC#CC[C@H](O)CO)cc1)C(=O)NO. The van der Waals surface area contributed by atoms with Crippen molar-refractivity contribution in [3.05, 3.63) is 35.4 Å². The van der Waals surface area contributed by atoms with Gasteiger partial charge in [-0.15, -0.1) is 0 Å². The molecule has 0 radical (unpaired) electrons. The van der Waals surface area contributed by atoms with Crippen LogP contribution in [0.25, 0.3) is 0 Å². The van der Waals surface area contributed by atoms with Gasteiger partial charge in [0.1, 0.15) is 6.04 Å². The van der Waals surface area contributed by atoms with E-state index in [-0.39, 0.29) is 13.0 Å². The quantitative estimate of drug-likeness (QED) is 0.210. The zero-order valence-corrected chi connectivity index (χ0v) is 16.0. The van der Waals surface area contributed by atoms with Gasteiger partial charge in [-0.1, -0.05) is 11.8 Å². The summed E-state index contributed by atoms with van der Waals surface area (Å²) in [5, 5.41) is 32.3. The van der Waals surface area contributed by atoms with Crippen molar-refractivity contribution in [3.63, 3.8) is 0 Å². The average molecular weight is 387 g/mol. The molecule has 2 atom stereocenters. The molecule has 8 heteroatoms. The fourth-order valence-electron chi connectivity index (χ4n) is 2.08. The lowest BCUT2D eigenvalue weighted by molar-refractivity contribution is -0.132. The lowest BCUT2D eigenvalue weighted by Gasteiger charge is -2.32. The zero-order valence-electron chi connectivity index (χ0n) is 16.0. The molecule has 0 bridgehead atoms. The Bertz CT molecular complexity index is 797. The highest BCUT2D eigenvalue weighted by molar-refractivity contribution is 5.97. The highest BCUT2D eigenvalue weighted by Gasteiger charge is 2.35. The Labute approximate surface area is 164 Å². The summed E-state index contributed by atoms with van der Waals surface area (Å²) in [6.45, 7) is 3.08. The van der Waals surface area contributed by atoms with E-state index in [9.17, 15) is 9.59 Å². The number of nitrogens with one attached hydrogen (secondary N) is 3. The number of rotatable bonds is 7. The molecule has 1 aromatic rings. The molecule has 0 saturated carbocycles. The summed E-state index contributed by atoms with van der Waals surface area (Å²) in [6, 6.07) is 5.39. The van der Waals surface area contributed by atoms with Crippen LogP contribution in [-0.4, -0.2) is 58.6 Å². The van der Waals surface area contributed by atoms with Crippen LogP contribution in [0, 0.1) is 23.7 Å². The number of amides is 2. The van der Waals surface area contributed by atoms with Crippen LogP contribution in [0.3, 0.4) is 0 Å². The van der Waals surface area contributed by atoms with Crippen LogP contribution in [0.15, 0.2) is 24.3 Å². The maximum atomic E-state index is 12.4. The number of hydrogen-bond acceptors (Lipinski definition) is 6. The molecule has 1 aromatic carbocycles. The van der Waals surface area contributed by atoms with Gasteiger partial charge < -0.3 is 20.8 Å². The van der Waals surface area contributed by atoms with E-state index < -0.39 is 29.5 Å². The molecule has 0 aliphatic rings. The van der Waals surface area contributed by atoms with Gasteiger partial charge in [-0.05, 0) is 57.0 Å². The van der Waals surface area contributed by atoms with Gasteiger partial charge in [0.2, 0.25) is 0 Å². The van der Waals surface area contributed by atoms with Crippen LogP contribution in [0.4, 0.5) is 0 Å². The van der Waals surface area contributed by atoms with Crippen molar-refractivity contribution in [3.8, 4) is 23.7 Å². The molecule has 6 N–H and O–H groups in total. The van der Waals surface area contributed by atoms with E-state index in [1.54, 1.807) is 50.6 Å². The first kappa shape index (κ1) is 23.2. The molecular weight excluding hydrogens is 362 g/mol. The number of carbonyl (C=O) groups is 2. The minimum absolute atomic E-state index is 0.135. The second-order valence-electron chi connectivity index (χ2n) is 6.52. The molecule has 150 valence electrons. The van der Waals surface area contributed by atoms with E-state index in [0.717, 1.165) is 0 Å². The standard InChI is InChI=1S/C20H25N3O5/c1-20(2,21-3)17(19(27)23-28)22-18(26)15-11-9-14(10-12-15)7-5-4-6-8-16(25)13-24/h9-12,16-17,21,24-25,28H,8,13H2,1-3H3,(H,22,26)(H,23,27)/t16-,17+/m0/s1. The summed E-state index contributed by atoms with van der Waals surface area (Å²) in [5.41, 5.74) is 1.72. The first-order valence-corrected chi connectivity index (χ1v) is 8.56. The van der Waals surface area contributed by atoms with Crippen LogP contribution in [0.5, 0.6) is 0 Å². The Hall–Kier alpha value is -2.88. The van der Waals surface area contributed by atoms with E-state index in [4.69, 9.17) is 15.4 Å². The molecule has 28 heavy (non-hydrogen) atoms. The van der Waals surface area contributed by atoms with Crippen molar-refractivity contribution < 1.29 is 25.0 Å². The number of benzene rings is 1. The van der Waals surface area contributed by atoms with E-state index >= 15 is 0 Å². The Morgan fingerprint density at radius 3 is 2.36 bits per heavy atom. The van der Waals surface area contributed by atoms with E-state index in [1.807, 2.05) is 0 Å². The lowest BCUT2D eigenvalue weighted by atomic mass is 9.93. The van der Waals surface area contributed by atoms with Gasteiger partial charge in [-0.3, -0.25) is 14.8 Å². The van der Waals surface area contributed by atoms with Gasteiger partial charge in [-0.2, -0.15) is 0 Å². The van der Waals surface area contributed by atoms with E-state index in [1.165, 1.54) is 0 Å². The second-order valence-corrected chi connectivity index (χ2v) is 6.52. The minimum atomic E-state index is -1.00. The van der Waals surface area contributed by atoms with Gasteiger partial charge in [0, 0.05) is 23.1 Å². The summed E-state index contributed by atoms with van der Waals surface area (Å²) in [5.74, 6) is 9.40. The van der Waals surface area contributed by atoms with Crippen molar-refractivity contribution in [1.82, 2.24) is 16.1 Å². The van der Waals surface area contributed by atoms with Crippen molar-refractivity contribution in [2.45, 2.75) is 38.0 Å². The van der Waals surface area contributed by atoms with E-state index in [0.29, 0.717) is 11.1 Å². The van der Waals surface area contributed by atoms with Crippen LogP contribution in [-0.2, 0) is 4.79 Å². The first-order chi connectivity index (χ1) is 13.2. The summed E-state index contributed by atoms with van der Waals surface area (Å²) in [6.07, 6.45) is -0.743. The molecule has 0 aliphatic carbocycles. The summed E-state index contributed by atoms with van der Waals surface area (Å²) < 4.78 is 0. The first-order valence-electron chi connectivity index (χ1n) is 8.56. The number of aliphatic hydroxyl groups excluding tert-OH is 2. The Balaban J connectivity index is 2.82. The molecular formula is C20H25N3O5. The number of hydrogen-bond donors (Lipinski definition) is 6. The third kappa shape index (κ3) is 7.03. The maximum absolute atomic E-state index is 12.4. The smallest absolute Gasteiger partial charge is 0.267 e. The van der Waals surface area contributed by atoms with Crippen LogP contribution in [0.2, 0.25) is 0 Å². The third-order valence-electron chi connectivity index (χ3n) is 4.07. The highest BCUT2D eigenvalue weighted by Crippen LogP contribution is 2.11. The molecule has 2 amide bonds. The lowest BCUT2D eigenvalue weighted by Crippen LogP contribution is -2.62. The molecule has 8 nitrogen and oxygen atoms in total. The highest BCUT2D eigenvalue weighted by atomic mass is 16.5. The summed E-state index contributed by atoms with van der Waals surface area (Å²) >= 11 is 0. The van der Waals surface area contributed by atoms with Gasteiger partial charge in [0.05, 0.1) is 12.7 Å². The Kier molecular flexibility index (Phi) is 9.16. The minimum Gasteiger partial charge on any atom is -0.394 e. The van der Waals surface area contributed by atoms with Crippen molar-refractivity contribution in [2.75, 3.05) is 13.7 Å². The van der Waals surface area contributed by atoms with Crippen molar-refractivity contribution in [1.29, 1.82) is 0 Å². The predicted octanol–water partition coefficient (Wildman–Crippen LogP) is -0.613. The zero-order chi connectivity index (χ0) is 21.2. The normalized spacial score (nSPS) is 12.5. The Morgan fingerprint density at radius 1 is 1.18 bits per heavy atom. The van der Waals surface area contributed by atoms with Gasteiger partial charge >= 0.3 is 0 Å². The fraction of sp³-hybridized carbons (Fsp3) is 0.400. The Morgan fingerprint density at radius 2 is 1.82 bits per heavy atom. The molecule has 0 heterocycles. The molecule has 0 spiro atoms. The van der Waals surface area contributed by atoms with Gasteiger partial charge in [0.25, 0.3) is 11.8 Å². The predicted molar refractivity (Wildman–Crippen MR) is 103 cm³/mol. The molecule has 1 rings (SSSR count). The monoisotopic (exact) mass is 387 g/mol. The van der Waals surface area contributed by atoms with Crippen LogP contribution in [0.1, 0.15) is 36.2 Å². The number of aliphatic hydroxyl groups is 2. The molecule has 0 unspecified atom stereocenters. The average Bonchev–Trinajstić information content (AvgIpc) is 2.71. The molecule has 0 saturated heterocycles. The third-order valence-corrected chi connectivity index (χ3v) is 4.07. The molecule has 0 aromatic heterocycles. The second kappa shape index (κ2) is 11.1. The molecule has 0 fully saturated rings. The fourth-order valence-corrected chi connectivity index (χ4v) is 2.08. The topological polar surface area (TPSA) is 131 Å². The number of carbonyl (C=O) groups excluding carboxylic acids is 2. The van der Waals surface area contributed by atoms with Crippen molar-refractivity contribution >= 4 is 11.8 Å². The molecule has 0 aliphatic heterocycles. The van der Waals surface area contributed by atoms with Gasteiger partial charge in [0.15, 0.2) is 0 Å². The summed E-state index contributed by atoms with van der Waals surface area (Å²) in [4.78, 5) is 24.3. The number of hydroxylamine groups is 1.